The van der Waals surface area contributed by atoms with Crippen LogP contribution >= 0.6 is 0 Å². The second-order valence-electron chi connectivity index (χ2n) is 7.28. The predicted molar refractivity (Wildman–Crippen MR) is 93.7 cm³/mol. The molecule has 2 heterocycles. The van der Waals surface area contributed by atoms with E-state index in [9.17, 15) is 9.59 Å². The van der Waals surface area contributed by atoms with Gasteiger partial charge in [-0.25, -0.2) is 0 Å². The van der Waals surface area contributed by atoms with Crippen molar-refractivity contribution in [2.75, 3.05) is 20.1 Å². The molecule has 1 saturated carbocycles. The fraction of sp³-hybridized carbons (Fsp3) is 0.684. The maximum atomic E-state index is 13.1. The number of aromatic nitrogens is 1. The number of hydrogen-bond acceptors (Lipinski definition) is 2. The number of carbonyl (C=O) groups is 2. The smallest absolute Gasteiger partial charge is 0.270 e. The van der Waals surface area contributed by atoms with Crippen LogP contribution in [0.1, 0.15) is 55.4 Å². The number of hydrogen-bond donors (Lipinski definition) is 0. The van der Waals surface area contributed by atoms with Gasteiger partial charge in [0, 0.05) is 39.4 Å². The van der Waals surface area contributed by atoms with Crippen LogP contribution in [0.3, 0.4) is 0 Å². The molecule has 1 aliphatic carbocycles. The Morgan fingerprint density at radius 3 is 2.50 bits per heavy atom. The Balaban J connectivity index is 1.88. The summed E-state index contributed by atoms with van der Waals surface area (Å²) in [7, 11) is 3.82. The molecule has 132 valence electrons. The van der Waals surface area contributed by atoms with Crippen molar-refractivity contribution in [3.8, 4) is 0 Å². The molecule has 3 rings (SSSR count). The van der Waals surface area contributed by atoms with Crippen LogP contribution in [-0.4, -0.2) is 52.4 Å². The minimum atomic E-state index is -0.0303. The first-order chi connectivity index (χ1) is 11.6. The van der Waals surface area contributed by atoms with Crippen molar-refractivity contribution < 1.29 is 9.59 Å². The van der Waals surface area contributed by atoms with Crippen molar-refractivity contribution in [3.05, 3.63) is 24.0 Å². The summed E-state index contributed by atoms with van der Waals surface area (Å²) >= 11 is 0. The number of nitrogens with zero attached hydrogens (tertiary/aromatic N) is 3. The molecule has 5 nitrogen and oxygen atoms in total. The van der Waals surface area contributed by atoms with E-state index in [1.807, 2.05) is 46.8 Å². The van der Waals surface area contributed by atoms with Crippen LogP contribution in [0.2, 0.25) is 0 Å². The molecule has 1 aliphatic heterocycles. The molecule has 1 aromatic rings. The summed E-state index contributed by atoms with van der Waals surface area (Å²) in [6.45, 7) is 1.61. The summed E-state index contributed by atoms with van der Waals surface area (Å²) in [5, 5.41) is 0. The van der Waals surface area contributed by atoms with Crippen LogP contribution in [0, 0.1) is 5.92 Å². The number of amides is 2. The van der Waals surface area contributed by atoms with Crippen molar-refractivity contribution in [2.24, 2.45) is 13.0 Å². The Bertz CT molecular complexity index is 595. The monoisotopic (exact) mass is 331 g/mol. The molecule has 2 amide bonds. The van der Waals surface area contributed by atoms with E-state index in [0.717, 1.165) is 63.7 Å². The lowest BCUT2D eigenvalue weighted by molar-refractivity contribution is -0.135. The molecule has 0 N–H and O–H groups in total. The zero-order chi connectivity index (χ0) is 17.1. The highest BCUT2D eigenvalue weighted by atomic mass is 16.2. The molecule has 1 saturated heterocycles. The van der Waals surface area contributed by atoms with Gasteiger partial charge in [0.15, 0.2) is 0 Å². The SMILES string of the molecule is CN1CCCCCCN(C(=O)c2cccn2C)[C@H]2CCC[C@H]2C1=O. The van der Waals surface area contributed by atoms with Gasteiger partial charge >= 0.3 is 0 Å². The number of fused-ring (bicyclic) bond motifs is 1. The minimum Gasteiger partial charge on any atom is -0.347 e. The third kappa shape index (κ3) is 3.35. The molecule has 2 aliphatic rings. The molecule has 0 spiro atoms. The van der Waals surface area contributed by atoms with E-state index in [1.165, 1.54) is 0 Å². The highest BCUT2D eigenvalue weighted by Gasteiger charge is 2.40. The maximum absolute atomic E-state index is 13.1. The van der Waals surface area contributed by atoms with Gasteiger partial charge in [-0.15, -0.1) is 0 Å². The molecule has 0 unspecified atom stereocenters. The van der Waals surface area contributed by atoms with Crippen molar-refractivity contribution in [3.63, 3.8) is 0 Å². The third-order valence-corrected chi connectivity index (χ3v) is 5.64. The highest BCUT2D eigenvalue weighted by molar-refractivity contribution is 5.93. The lowest BCUT2D eigenvalue weighted by Crippen LogP contribution is -2.48. The summed E-state index contributed by atoms with van der Waals surface area (Å²) < 4.78 is 1.88. The van der Waals surface area contributed by atoms with E-state index in [2.05, 4.69) is 0 Å². The number of carbonyl (C=O) groups excluding carboxylic acids is 2. The van der Waals surface area contributed by atoms with Gasteiger partial charge in [0.05, 0.1) is 5.92 Å². The second-order valence-corrected chi connectivity index (χ2v) is 7.28. The van der Waals surface area contributed by atoms with Crippen molar-refractivity contribution in [1.29, 1.82) is 0 Å². The van der Waals surface area contributed by atoms with Gasteiger partial charge in [0.2, 0.25) is 5.91 Å². The molecular formula is C19H29N3O2. The van der Waals surface area contributed by atoms with Gasteiger partial charge in [-0.3, -0.25) is 9.59 Å². The summed E-state index contributed by atoms with van der Waals surface area (Å²) in [5.41, 5.74) is 0.719. The lowest BCUT2D eigenvalue weighted by Gasteiger charge is -2.34. The molecule has 0 aromatic carbocycles. The lowest BCUT2D eigenvalue weighted by atomic mass is 9.99. The average molecular weight is 331 g/mol. The van der Waals surface area contributed by atoms with Gasteiger partial charge in [0.1, 0.15) is 5.69 Å². The van der Waals surface area contributed by atoms with Crippen LogP contribution in [0.4, 0.5) is 0 Å². The van der Waals surface area contributed by atoms with E-state index in [-0.39, 0.29) is 23.8 Å². The zero-order valence-corrected chi connectivity index (χ0v) is 14.9. The molecule has 2 fully saturated rings. The summed E-state index contributed by atoms with van der Waals surface area (Å²) in [6, 6.07) is 3.84. The van der Waals surface area contributed by atoms with Gasteiger partial charge in [0.25, 0.3) is 5.91 Å². The molecule has 0 radical (unpaired) electrons. The molecule has 5 heteroatoms. The topological polar surface area (TPSA) is 45.5 Å². The first-order valence-corrected chi connectivity index (χ1v) is 9.27. The number of aryl methyl sites for hydroxylation is 1. The van der Waals surface area contributed by atoms with Gasteiger partial charge < -0.3 is 14.4 Å². The van der Waals surface area contributed by atoms with Crippen LogP contribution in [-0.2, 0) is 11.8 Å². The van der Waals surface area contributed by atoms with E-state index >= 15 is 0 Å². The Morgan fingerprint density at radius 2 is 1.79 bits per heavy atom. The fourth-order valence-electron chi connectivity index (χ4n) is 4.23. The summed E-state index contributed by atoms with van der Waals surface area (Å²) in [6.07, 6.45) is 9.12. The third-order valence-electron chi connectivity index (χ3n) is 5.64. The molecule has 24 heavy (non-hydrogen) atoms. The van der Waals surface area contributed by atoms with Crippen molar-refractivity contribution in [1.82, 2.24) is 14.4 Å². The Kier molecular flexibility index (Phi) is 5.27. The van der Waals surface area contributed by atoms with Crippen molar-refractivity contribution in [2.45, 2.75) is 51.0 Å². The predicted octanol–water partition coefficient (Wildman–Crippen LogP) is 2.67. The maximum Gasteiger partial charge on any atom is 0.270 e. The quantitative estimate of drug-likeness (QED) is 0.794. The van der Waals surface area contributed by atoms with Crippen LogP contribution in [0.5, 0.6) is 0 Å². The fourth-order valence-corrected chi connectivity index (χ4v) is 4.23. The normalized spacial score (nSPS) is 26.2. The van der Waals surface area contributed by atoms with E-state index < -0.39 is 0 Å². The van der Waals surface area contributed by atoms with Crippen LogP contribution in [0.25, 0.3) is 0 Å². The standard InChI is InChI=1S/C19H29N3O2/c1-20-13-8-11-17(20)19(24)22-14-6-4-3-5-12-21(2)18(23)15-9-7-10-16(15)22/h8,11,13,15-16H,3-7,9-10,12,14H2,1-2H3/t15-,16+/m1/s1. The molecule has 2 atom stereocenters. The highest BCUT2D eigenvalue weighted by Crippen LogP contribution is 2.33. The molecule has 1 aromatic heterocycles. The summed E-state index contributed by atoms with van der Waals surface area (Å²) in [5.74, 6) is 0.274. The first-order valence-electron chi connectivity index (χ1n) is 9.27. The zero-order valence-electron chi connectivity index (χ0n) is 14.9. The van der Waals surface area contributed by atoms with Gasteiger partial charge in [-0.2, -0.15) is 0 Å². The van der Waals surface area contributed by atoms with Gasteiger partial charge in [-0.05, 0) is 37.8 Å². The molecule has 0 bridgehead atoms. The van der Waals surface area contributed by atoms with Crippen LogP contribution < -0.4 is 0 Å². The summed E-state index contributed by atoms with van der Waals surface area (Å²) in [4.78, 5) is 29.9. The van der Waals surface area contributed by atoms with Gasteiger partial charge in [-0.1, -0.05) is 19.3 Å². The van der Waals surface area contributed by atoms with Crippen molar-refractivity contribution >= 4 is 11.8 Å². The number of rotatable bonds is 1. The Labute approximate surface area is 144 Å². The van der Waals surface area contributed by atoms with Crippen LogP contribution in [0.15, 0.2) is 18.3 Å². The average Bonchev–Trinajstić information content (AvgIpc) is 3.20. The van der Waals surface area contributed by atoms with E-state index in [4.69, 9.17) is 0 Å². The first kappa shape index (κ1) is 17.1. The largest absolute Gasteiger partial charge is 0.347 e. The Morgan fingerprint density at radius 1 is 1.04 bits per heavy atom. The second kappa shape index (κ2) is 7.41. The van der Waals surface area contributed by atoms with E-state index in [0.29, 0.717) is 0 Å². The Hall–Kier alpha value is -1.78. The molecular weight excluding hydrogens is 302 g/mol. The van der Waals surface area contributed by atoms with E-state index in [1.54, 1.807) is 0 Å². The minimum absolute atomic E-state index is 0.0303.